The highest BCUT2D eigenvalue weighted by Crippen LogP contribution is 2.24. The molecule has 0 bridgehead atoms. The fourth-order valence-corrected chi connectivity index (χ4v) is 0.890. The number of hydrogen-bond donors (Lipinski definition) is 1. The van der Waals surface area contributed by atoms with Crippen LogP contribution in [0.4, 0.5) is 17.6 Å². The molecular weight excluding hydrogens is 218 g/mol. The van der Waals surface area contributed by atoms with E-state index in [0.717, 1.165) is 6.07 Å². The summed E-state index contributed by atoms with van der Waals surface area (Å²) >= 11 is 0. The van der Waals surface area contributed by atoms with Gasteiger partial charge in [0.05, 0.1) is 5.56 Å². The van der Waals surface area contributed by atoms with Crippen molar-refractivity contribution in [2.45, 2.75) is 6.36 Å². The van der Waals surface area contributed by atoms with Crippen LogP contribution in [0.1, 0.15) is 10.4 Å². The van der Waals surface area contributed by atoms with Gasteiger partial charge in [-0.25, -0.2) is 4.39 Å². The lowest BCUT2D eigenvalue weighted by molar-refractivity contribution is -0.274. The van der Waals surface area contributed by atoms with E-state index in [-0.39, 0.29) is 0 Å². The molecule has 0 aliphatic carbocycles. The molecule has 0 atom stereocenters. The van der Waals surface area contributed by atoms with Gasteiger partial charge in [-0.05, 0) is 18.2 Å². The lowest BCUT2D eigenvalue weighted by Gasteiger charge is -2.09. The van der Waals surface area contributed by atoms with E-state index in [1.54, 1.807) is 0 Å². The number of hydrogen-bond acceptors (Lipinski definition) is 2. The van der Waals surface area contributed by atoms with E-state index >= 15 is 0 Å². The van der Waals surface area contributed by atoms with E-state index in [0.29, 0.717) is 12.1 Å². The van der Waals surface area contributed by atoms with Gasteiger partial charge in [0.25, 0.3) is 5.91 Å². The van der Waals surface area contributed by atoms with E-state index in [1.807, 2.05) is 0 Å². The number of carbonyl (C=O) groups excluding carboxylic acids is 1. The average Bonchev–Trinajstić information content (AvgIpc) is 2.05. The molecule has 0 fully saturated rings. The van der Waals surface area contributed by atoms with Crippen molar-refractivity contribution < 1.29 is 27.1 Å². The molecule has 3 nitrogen and oxygen atoms in total. The van der Waals surface area contributed by atoms with Crippen LogP contribution in [0.15, 0.2) is 18.2 Å². The molecule has 1 aromatic rings. The van der Waals surface area contributed by atoms with E-state index in [4.69, 9.17) is 5.73 Å². The van der Waals surface area contributed by atoms with Crippen molar-refractivity contribution in [3.8, 4) is 5.75 Å². The summed E-state index contributed by atoms with van der Waals surface area (Å²) in [5, 5.41) is 0. The number of carbonyl (C=O) groups is 1. The Morgan fingerprint density at radius 3 is 2.40 bits per heavy atom. The summed E-state index contributed by atoms with van der Waals surface area (Å²) in [6, 6.07) is 2.00. The second-order valence-corrected chi connectivity index (χ2v) is 2.55. The molecule has 0 saturated heterocycles. The summed E-state index contributed by atoms with van der Waals surface area (Å²) in [5.74, 6) is -2.87. The van der Waals surface area contributed by atoms with Crippen molar-refractivity contribution in [1.82, 2.24) is 0 Å². The number of primary amides is 1. The van der Waals surface area contributed by atoms with Gasteiger partial charge in [0.1, 0.15) is 11.6 Å². The smallest absolute Gasteiger partial charge is 0.406 e. The van der Waals surface area contributed by atoms with Gasteiger partial charge >= 0.3 is 6.36 Å². The number of alkyl halides is 3. The Balaban J connectivity index is 3.03. The lowest BCUT2D eigenvalue weighted by atomic mass is 10.2. The van der Waals surface area contributed by atoms with Crippen LogP contribution in [0.25, 0.3) is 0 Å². The van der Waals surface area contributed by atoms with Gasteiger partial charge in [-0.15, -0.1) is 13.2 Å². The summed E-state index contributed by atoms with van der Waals surface area (Å²) < 4.78 is 51.5. The number of ether oxygens (including phenoxy) is 1. The molecule has 0 spiro atoms. The first-order chi connectivity index (χ1) is 6.79. The van der Waals surface area contributed by atoms with Gasteiger partial charge in [0.2, 0.25) is 0 Å². The standard InChI is InChI=1S/C8H5F4NO2/c9-6-2-1-4(15-8(10,11)12)3-5(6)7(13)14/h1-3H,(H2,13,14). The minimum Gasteiger partial charge on any atom is -0.406 e. The Kier molecular flexibility index (Phi) is 2.83. The van der Waals surface area contributed by atoms with Crippen molar-refractivity contribution >= 4 is 5.91 Å². The van der Waals surface area contributed by atoms with Gasteiger partial charge in [0.15, 0.2) is 0 Å². The van der Waals surface area contributed by atoms with Gasteiger partial charge in [-0.1, -0.05) is 0 Å². The van der Waals surface area contributed by atoms with E-state index in [9.17, 15) is 22.4 Å². The first-order valence-corrected chi connectivity index (χ1v) is 3.65. The maximum Gasteiger partial charge on any atom is 0.573 e. The highest BCUT2D eigenvalue weighted by atomic mass is 19.4. The highest BCUT2D eigenvalue weighted by Gasteiger charge is 2.31. The third kappa shape index (κ3) is 3.12. The number of benzene rings is 1. The van der Waals surface area contributed by atoms with Gasteiger partial charge < -0.3 is 10.5 Å². The van der Waals surface area contributed by atoms with Gasteiger partial charge in [0, 0.05) is 0 Å². The molecule has 2 N–H and O–H groups in total. The molecule has 15 heavy (non-hydrogen) atoms. The molecule has 1 amide bonds. The zero-order chi connectivity index (χ0) is 11.6. The molecule has 0 radical (unpaired) electrons. The third-order valence-corrected chi connectivity index (χ3v) is 1.44. The molecule has 1 rings (SSSR count). The van der Waals surface area contributed by atoms with Crippen LogP contribution >= 0.6 is 0 Å². The van der Waals surface area contributed by atoms with E-state index in [2.05, 4.69) is 4.74 Å². The summed E-state index contributed by atoms with van der Waals surface area (Å²) in [6.45, 7) is 0. The number of nitrogens with two attached hydrogens (primary N) is 1. The molecule has 7 heteroatoms. The van der Waals surface area contributed by atoms with Crippen LogP contribution in [-0.2, 0) is 0 Å². The molecule has 0 aromatic heterocycles. The van der Waals surface area contributed by atoms with E-state index in [1.165, 1.54) is 0 Å². The Morgan fingerprint density at radius 1 is 1.33 bits per heavy atom. The average molecular weight is 223 g/mol. The Labute approximate surface area is 81.4 Å². The number of halogens is 4. The topological polar surface area (TPSA) is 52.3 Å². The van der Waals surface area contributed by atoms with Crippen molar-refractivity contribution in [3.63, 3.8) is 0 Å². The monoisotopic (exact) mass is 223 g/mol. The van der Waals surface area contributed by atoms with Gasteiger partial charge in [-0.3, -0.25) is 4.79 Å². The largest absolute Gasteiger partial charge is 0.573 e. The number of amides is 1. The normalized spacial score (nSPS) is 11.2. The van der Waals surface area contributed by atoms with E-state index < -0.39 is 29.4 Å². The zero-order valence-corrected chi connectivity index (χ0v) is 7.14. The van der Waals surface area contributed by atoms with Crippen LogP contribution in [0, 0.1) is 5.82 Å². The first kappa shape index (κ1) is 11.3. The molecule has 0 aliphatic rings. The Bertz CT molecular complexity index is 389. The lowest BCUT2D eigenvalue weighted by Crippen LogP contribution is -2.18. The van der Waals surface area contributed by atoms with Crippen LogP contribution < -0.4 is 10.5 Å². The fourth-order valence-electron chi connectivity index (χ4n) is 0.890. The minimum atomic E-state index is -4.90. The first-order valence-electron chi connectivity index (χ1n) is 3.65. The highest BCUT2D eigenvalue weighted by molar-refractivity contribution is 5.93. The summed E-state index contributed by atoms with van der Waals surface area (Å²) in [4.78, 5) is 10.6. The predicted octanol–water partition coefficient (Wildman–Crippen LogP) is 1.82. The number of rotatable bonds is 2. The maximum atomic E-state index is 12.8. The third-order valence-electron chi connectivity index (χ3n) is 1.44. The minimum absolute atomic E-state index is 0.588. The maximum absolute atomic E-state index is 12.8. The molecular formula is C8H5F4NO2. The van der Waals surface area contributed by atoms with Crippen molar-refractivity contribution in [2.75, 3.05) is 0 Å². The molecule has 0 heterocycles. The van der Waals surface area contributed by atoms with Crippen LogP contribution in [0.5, 0.6) is 5.75 Å². The Morgan fingerprint density at radius 2 is 1.93 bits per heavy atom. The summed E-state index contributed by atoms with van der Waals surface area (Å²) in [6.07, 6.45) is -4.90. The second-order valence-electron chi connectivity index (χ2n) is 2.55. The Hall–Kier alpha value is -1.79. The van der Waals surface area contributed by atoms with Crippen molar-refractivity contribution in [3.05, 3.63) is 29.6 Å². The zero-order valence-electron chi connectivity index (χ0n) is 7.14. The molecule has 0 saturated carbocycles. The molecule has 1 aromatic carbocycles. The van der Waals surface area contributed by atoms with Crippen LogP contribution in [0.3, 0.4) is 0 Å². The van der Waals surface area contributed by atoms with Crippen molar-refractivity contribution in [1.29, 1.82) is 0 Å². The van der Waals surface area contributed by atoms with Crippen LogP contribution in [-0.4, -0.2) is 12.3 Å². The van der Waals surface area contributed by atoms with Crippen molar-refractivity contribution in [2.24, 2.45) is 5.73 Å². The fraction of sp³-hybridized carbons (Fsp3) is 0.125. The van der Waals surface area contributed by atoms with Gasteiger partial charge in [-0.2, -0.15) is 0 Å². The predicted molar refractivity (Wildman–Crippen MR) is 41.6 cm³/mol. The quantitative estimate of drug-likeness (QED) is 0.777. The van der Waals surface area contributed by atoms with Crippen LogP contribution in [0.2, 0.25) is 0 Å². The summed E-state index contributed by atoms with van der Waals surface area (Å²) in [7, 11) is 0. The molecule has 0 aliphatic heterocycles. The SMILES string of the molecule is NC(=O)c1cc(OC(F)(F)F)ccc1F. The molecule has 0 unspecified atom stereocenters. The second kappa shape index (κ2) is 3.76. The summed E-state index contributed by atoms with van der Waals surface area (Å²) in [5.41, 5.74) is 4.08. The molecule has 82 valence electrons.